The van der Waals surface area contributed by atoms with Crippen molar-refractivity contribution in [2.75, 3.05) is 31.1 Å². The van der Waals surface area contributed by atoms with Crippen LogP contribution < -0.4 is 10.2 Å². The highest BCUT2D eigenvalue weighted by Crippen LogP contribution is 2.31. The van der Waals surface area contributed by atoms with Gasteiger partial charge in [0.05, 0.1) is 16.1 Å². The second-order valence-electron chi connectivity index (χ2n) is 9.12. The van der Waals surface area contributed by atoms with Gasteiger partial charge in [0, 0.05) is 31.6 Å². The van der Waals surface area contributed by atoms with Crippen LogP contribution in [0.4, 0.5) is 5.82 Å². The summed E-state index contributed by atoms with van der Waals surface area (Å²) in [5, 5.41) is 13.6. The van der Waals surface area contributed by atoms with Gasteiger partial charge in [0.15, 0.2) is 0 Å². The number of amides is 1. The van der Waals surface area contributed by atoms with Crippen molar-refractivity contribution in [1.29, 1.82) is 0 Å². The number of pyridine rings is 1. The average Bonchev–Trinajstić information content (AvgIpc) is 3.21. The van der Waals surface area contributed by atoms with Crippen LogP contribution >= 0.6 is 11.6 Å². The zero-order valence-electron chi connectivity index (χ0n) is 17.7. The van der Waals surface area contributed by atoms with Crippen LogP contribution in [0.15, 0.2) is 24.3 Å². The molecular formula is C24H32ClN3O2. The fourth-order valence-corrected chi connectivity index (χ4v) is 5.35. The lowest BCUT2D eigenvalue weighted by atomic mass is 9.82. The smallest absolute Gasteiger partial charge is 0.253 e. The van der Waals surface area contributed by atoms with Crippen LogP contribution in [-0.4, -0.2) is 42.2 Å². The van der Waals surface area contributed by atoms with E-state index in [1.807, 2.05) is 18.2 Å². The van der Waals surface area contributed by atoms with Gasteiger partial charge in [-0.2, -0.15) is 0 Å². The third-order valence-electron chi connectivity index (χ3n) is 6.78. The standard InChI is InChI=1S/C24H32ClN3O2/c1-16-3-2-4-18(13-16)14-26-24(30)23-19-5-8-22(27-21(19)7-6-20(23)25)28-11-9-17(15-28)10-12-29/h5-8,16-18,29H,2-4,9-15H2,1H3,(H,26,30). The molecule has 2 aromatic rings. The minimum absolute atomic E-state index is 0.109. The molecule has 6 heteroatoms. The van der Waals surface area contributed by atoms with Gasteiger partial charge in [-0.05, 0) is 67.7 Å². The van der Waals surface area contributed by atoms with Gasteiger partial charge in [0.2, 0.25) is 0 Å². The maximum absolute atomic E-state index is 13.0. The molecule has 5 nitrogen and oxygen atoms in total. The molecule has 1 aromatic carbocycles. The molecule has 0 spiro atoms. The summed E-state index contributed by atoms with van der Waals surface area (Å²) in [6.45, 7) is 5.11. The zero-order chi connectivity index (χ0) is 21.1. The second kappa shape index (κ2) is 9.52. The van der Waals surface area contributed by atoms with Crippen molar-refractivity contribution in [2.24, 2.45) is 17.8 Å². The molecule has 3 atom stereocenters. The fourth-order valence-electron chi connectivity index (χ4n) is 5.10. The minimum atomic E-state index is -0.109. The van der Waals surface area contributed by atoms with Crippen LogP contribution in [-0.2, 0) is 0 Å². The number of nitrogens with zero attached hydrogens (tertiary/aromatic N) is 2. The lowest BCUT2D eigenvalue weighted by Gasteiger charge is -2.26. The molecule has 1 saturated heterocycles. The summed E-state index contributed by atoms with van der Waals surface area (Å²) in [4.78, 5) is 20.1. The second-order valence-corrected chi connectivity index (χ2v) is 9.53. The largest absolute Gasteiger partial charge is 0.396 e. The minimum Gasteiger partial charge on any atom is -0.396 e. The Hall–Kier alpha value is -1.85. The highest BCUT2D eigenvalue weighted by Gasteiger charge is 2.24. The van der Waals surface area contributed by atoms with E-state index in [1.165, 1.54) is 25.7 Å². The van der Waals surface area contributed by atoms with Crippen LogP contribution in [0.5, 0.6) is 0 Å². The zero-order valence-corrected chi connectivity index (χ0v) is 18.5. The molecule has 1 aliphatic carbocycles. The van der Waals surface area contributed by atoms with Crippen molar-refractivity contribution in [3.63, 3.8) is 0 Å². The summed E-state index contributed by atoms with van der Waals surface area (Å²) >= 11 is 6.44. The number of aliphatic hydroxyl groups is 1. The summed E-state index contributed by atoms with van der Waals surface area (Å²) in [6, 6.07) is 7.62. The Morgan fingerprint density at radius 2 is 2.10 bits per heavy atom. The van der Waals surface area contributed by atoms with Gasteiger partial charge in [-0.25, -0.2) is 4.98 Å². The predicted octanol–water partition coefficient (Wildman–Crippen LogP) is 4.65. The summed E-state index contributed by atoms with van der Waals surface area (Å²) < 4.78 is 0. The number of nitrogens with one attached hydrogen (secondary N) is 1. The van der Waals surface area contributed by atoms with Crippen molar-refractivity contribution in [1.82, 2.24) is 10.3 Å². The lowest BCUT2D eigenvalue weighted by molar-refractivity contribution is 0.0942. The quantitative estimate of drug-likeness (QED) is 0.701. The molecule has 4 rings (SSSR count). The molecule has 2 aliphatic rings. The number of carbonyl (C=O) groups is 1. The van der Waals surface area contributed by atoms with E-state index in [9.17, 15) is 9.90 Å². The van der Waals surface area contributed by atoms with E-state index in [-0.39, 0.29) is 12.5 Å². The molecule has 1 aromatic heterocycles. The fraction of sp³-hybridized carbons (Fsp3) is 0.583. The number of benzene rings is 1. The van der Waals surface area contributed by atoms with E-state index in [2.05, 4.69) is 17.1 Å². The Morgan fingerprint density at radius 3 is 2.90 bits per heavy atom. The molecule has 0 bridgehead atoms. The van der Waals surface area contributed by atoms with E-state index >= 15 is 0 Å². The van der Waals surface area contributed by atoms with E-state index in [1.54, 1.807) is 6.07 Å². The molecule has 2 N–H and O–H groups in total. The van der Waals surface area contributed by atoms with Crippen LogP contribution in [0.3, 0.4) is 0 Å². The van der Waals surface area contributed by atoms with Gasteiger partial charge >= 0.3 is 0 Å². The first-order valence-corrected chi connectivity index (χ1v) is 11.7. The van der Waals surface area contributed by atoms with Crippen molar-refractivity contribution < 1.29 is 9.90 Å². The van der Waals surface area contributed by atoms with Crippen LogP contribution in [0, 0.1) is 17.8 Å². The first-order chi connectivity index (χ1) is 14.5. The number of rotatable bonds is 6. The van der Waals surface area contributed by atoms with E-state index in [0.717, 1.165) is 48.6 Å². The van der Waals surface area contributed by atoms with Gasteiger partial charge < -0.3 is 15.3 Å². The molecule has 30 heavy (non-hydrogen) atoms. The Kier molecular flexibility index (Phi) is 6.79. The normalized spacial score (nSPS) is 24.4. The van der Waals surface area contributed by atoms with Gasteiger partial charge in [0.25, 0.3) is 5.91 Å². The number of halogens is 1. The van der Waals surface area contributed by atoms with Crippen molar-refractivity contribution in [3.8, 4) is 0 Å². The van der Waals surface area contributed by atoms with Crippen molar-refractivity contribution in [2.45, 2.75) is 45.4 Å². The highest BCUT2D eigenvalue weighted by atomic mass is 35.5. The molecule has 1 amide bonds. The van der Waals surface area contributed by atoms with Crippen LogP contribution in [0.1, 0.15) is 55.8 Å². The van der Waals surface area contributed by atoms with Crippen LogP contribution in [0.25, 0.3) is 10.9 Å². The SMILES string of the molecule is CC1CCCC(CNC(=O)c2c(Cl)ccc3nc(N4CCC(CCO)C4)ccc23)C1. The van der Waals surface area contributed by atoms with E-state index in [4.69, 9.17) is 16.6 Å². The molecule has 2 heterocycles. The van der Waals surface area contributed by atoms with Crippen molar-refractivity contribution >= 4 is 34.2 Å². The predicted molar refractivity (Wildman–Crippen MR) is 122 cm³/mol. The Labute approximate surface area is 183 Å². The first kappa shape index (κ1) is 21.4. The van der Waals surface area contributed by atoms with Crippen LogP contribution in [0.2, 0.25) is 5.02 Å². The highest BCUT2D eigenvalue weighted by molar-refractivity contribution is 6.35. The average molecular weight is 430 g/mol. The molecule has 3 unspecified atom stereocenters. The number of fused-ring (bicyclic) bond motifs is 1. The van der Waals surface area contributed by atoms with Gasteiger partial charge in [0.1, 0.15) is 5.82 Å². The molecular weight excluding hydrogens is 398 g/mol. The summed E-state index contributed by atoms with van der Waals surface area (Å²) in [5.74, 6) is 2.63. The van der Waals surface area contributed by atoms with Gasteiger partial charge in [-0.3, -0.25) is 4.79 Å². The lowest BCUT2D eigenvalue weighted by Crippen LogP contribution is -2.31. The monoisotopic (exact) mass is 429 g/mol. The van der Waals surface area contributed by atoms with Gasteiger partial charge in [-0.15, -0.1) is 0 Å². The molecule has 1 saturated carbocycles. The maximum atomic E-state index is 13.0. The number of hydrogen-bond donors (Lipinski definition) is 2. The number of carbonyl (C=O) groups excluding carboxylic acids is 1. The third-order valence-corrected chi connectivity index (χ3v) is 7.09. The summed E-state index contributed by atoms with van der Waals surface area (Å²) in [6.07, 6.45) is 6.83. The molecule has 162 valence electrons. The van der Waals surface area contributed by atoms with Gasteiger partial charge in [-0.1, -0.05) is 31.4 Å². The first-order valence-electron chi connectivity index (χ1n) is 11.3. The van der Waals surface area contributed by atoms with E-state index in [0.29, 0.717) is 29.0 Å². The maximum Gasteiger partial charge on any atom is 0.253 e. The van der Waals surface area contributed by atoms with E-state index < -0.39 is 0 Å². The number of aliphatic hydroxyl groups excluding tert-OH is 1. The Morgan fingerprint density at radius 1 is 1.23 bits per heavy atom. The Bertz CT molecular complexity index is 903. The summed E-state index contributed by atoms with van der Waals surface area (Å²) in [5.41, 5.74) is 1.32. The summed E-state index contributed by atoms with van der Waals surface area (Å²) in [7, 11) is 0. The third kappa shape index (κ3) is 4.73. The number of anilines is 1. The molecule has 2 fully saturated rings. The van der Waals surface area contributed by atoms with Crippen molar-refractivity contribution in [3.05, 3.63) is 34.9 Å². The topological polar surface area (TPSA) is 65.5 Å². The molecule has 0 radical (unpaired) electrons. The molecule has 1 aliphatic heterocycles. The number of aromatic nitrogens is 1. The number of hydrogen-bond acceptors (Lipinski definition) is 4. The Balaban J connectivity index is 1.50.